The number of carbonyl (C=O) groups is 2. The lowest BCUT2D eigenvalue weighted by Crippen LogP contribution is -2.26. The largest absolute Gasteiger partial charge is 0.480 e. The second kappa shape index (κ2) is 6.39. The van der Waals surface area contributed by atoms with Crippen molar-refractivity contribution in [3.8, 4) is 6.07 Å². The molecule has 2 rings (SSSR count). The molecule has 0 atom stereocenters. The number of benzene rings is 1. The van der Waals surface area contributed by atoms with Crippen molar-refractivity contribution in [3.05, 3.63) is 59.4 Å². The van der Waals surface area contributed by atoms with Gasteiger partial charge in [-0.2, -0.15) is 5.26 Å². The summed E-state index contributed by atoms with van der Waals surface area (Å²) in [6.45, 7) is 0.00623. The van der Waals surface area contributed by atoms with Crippen LogP contribution in [0.3, 0.4) is 0 Å². The zero-order chi connectivity index (χ0) is 15.2. The minimum absolute atomic E-state index is 0.264. The van der Waals surface area contributed by atoms with Crippen molar-refractivity contribution in [2.24, 2.45) is 0 Å². The number of nitrogens with zero attached hydrogens (tertiary/aromatic N) is 2. The number of aliphatic carboxylic acids is 1. The fourth-order valence-electron chi connectivity index (χ4n) is 1.93. The third kappa shape index (κ3) is 3.70. The quantitative estimate of drug-likeness (QED) is 0.866. The fourth-order valence-corrected chi connectivity index (χ4v) is 1.93. The molecule has 0 radical (unpaired) electrons. The molecule has 6 nitrogen and oxygen atoms in total. The van der Waals surface area contributed by atoms with E-state index in [1.807, 2.05) is 6.07 Å². The van der Waals surface area contributed by atoms with Gasteiger partial charge in [-0.15, -0.1) is 0 Å². The molecule has 6 heteroatoms. The number of nitrogens with one attached hydrogen (secondary N) is 1. The van der Waals surface area contributed by atoms with Crippen LogP contribution in [0.2, 0.25) is 0 Å². The van der Waals surface area contributed by atoms with Gasteiger partial charge in [0.1, 0.15) is 12.2 Å². The van der Waals surface area contributed by atoms with Gasteiger partial charge in [0.25, 0.3) is 5.91 Å². The first-order chi connectivity index (χ1) is 10.1. The molecule has 0 fully saturated rings. The van der Waals surface area contributed by atoms with Gasteiger partial charge in [0.05, 0.1) is 11.6 Å². The molecular formula is C15H13N3O3. The summed E-state index contributed by atoms with van der Waals surface area (Å²) in [6, 6.07) is 12.1. The first-order valence-electron chi connectivity index (χ1n) is 6.24. The second-order valence-electron chi connectivity index (χ2n) is 4.41. The van der Waals surface area contributed by atoms with E-state index in [4.69, 9.17) is 10.4 Å². The molecule has 0 aliphatic carbocycles. The van der Waals surface area contributed by atoms with Crippen LogP contribution < -0.4 is 5.32 Å². The molecule has 2 aromatic rings. The lowest BCUT2D eigenvalue weighted by molar-refractivity contribution is -0.137. The summed E-state index contributed by atoms with van der Waals surface area (Å²) in [6.07, 6.45) is 1.54. The first-order valence-corrected chi connectivity index (χ1v) is 6.24. The monoisotopic (exact) mass is 283 g/mol. The maximum atomic E-state index is 12.0. The number of hydrogen-bond donors (Lipinski definition) is 2. The summed E-state index contributed by atoms with van der Waals surface area (Å²) in [5, 5.41) is 20.3. The van der Waals surface area contributed by atoms with Crippen molar-refractivity contribution in [1.82, 2.24) is 9.88 Å². The number of aromatic nitrogens is 1. The lowest BCUT2D eigenvalue weighted by atomic mass is 10.1. The molecule has 1 aromatic carbocycles. The van der Waals surface area contributed by atoms with E-state index in [9.17, 15) is 9.59 Å². The van der Waals surface area contributed by atoms with Crippen LogP contribution >= 0.6 is 0 Å². The highest BCUT2D eigenvalue weighted by molar-refractivity contribution is 5.93. The highest BCUT2D eigenvalue weighted by atomic mass is 16.4. The van der Waals surface area contributed by atoms with E-state index in [2.05, 4.69) is 5.32 Å². The van der Waals surface area contributed by atoms with Crippen molar-refractivity contribution in [3.63, 3.8) is 0 Å². The molecule has 0 saturated heterocycles. The van der Waals surface area contributed by atoms with Gasteiger partial charge in [0.2, 0.25) is 0 Å². The average molecular weight is 283 g/mol. The van der Waals surface area contributed by atoms with Gasteiger partial charge in [-0.3, -0.25) is 9.59 Å². The summed E-state index contributed by atoms with van der Waals surface area (Å²) in [4.78, 5) is 22.8. The summed E-state index contributed by atoms with van der Waals surface area (Å²) in [5.41, 5.74) is 1.61. The third-order valence-electron chi connectivity index (χ3n) is 2.88. The van der Waals surface area contributed by atoms with Crippen LogP contribution in [0.5, 0.6) is 0 Å². The number of rotatable bonds is 5. The van der Waals surface area contributed by atoms with Crippen LogP contribution in [0, 0.1) is 11.3 Å². The molecule has 0 saturated carbocycles. The van der Waals surface area contributed by atoms with E-state index in [0.29, 0.717) is 5.56 Å². The Morgan fingerprint density at radius 2 is 2.10 bits per heavy atom. The number of nitriles is 1. The Morgan fingerprint density at radius 3 is 2.81 bits per heavy atom. The molecule has 0 aliphatic heterocycles. The normalized spacial score (nSPS) is 9.86. The van der Waals surface area contributed by atoms with E-state index in [1.54, 1.807) is 42.6 Å². The Labute approximate surface area is 121 Å². The van der Waals surface area contributed by atoms with Gasteiger partial charge in [0, 0.05) is 12.7 Å². The van der Waals surface area contributed by atoms with Gasteiger partial charge >= 0.3 is 5.97 Å². The number of amides is 1. The molecular weight excluding hydrogens is 270 g/mol. The molecule has 1 heterocycles. The summed E-state index contributed by atoms with van der Waals surface area (Å²) in [7, 11) is 0. The van der Waals surface area contributed by atoms with Gasteiger partial charge in [0.15, 0.2) is 0 Å². The Morgan fingerprint density at radius 1 is 1.29 bits per heavy atom. The maximum absolute atomic E-state index is 12.0. The van der Waals surface area contributed by atoms with Crippen LogP contribution in [0.25, 0.3) is 0 Å². The fraction of sp³-hybridized carbons (Fsp3) is 0.133. The van der Waals surface area contributed by atoms with Crippen LogP contribution in [0.4, 0.5) is 0 Å². The number of carbonyl (C=O) groups excluding carboxylic acids is 1. The Bertz CT molecular complexity index is 713. The maximum Gasteiger partial charge on any atom is 0.323 e. The van der Waals surface area contributed by atoms with Gasteiger partial charge in [-0.05, 0) is 29.8 Å². The molecule has 0 spiro atoms. The Balaban J connectivity index is 2.03. The van der Waals surface area contributed by atoms with Crippen molar-refractivity contribution in [1.29, 1.82) is 5.26 Å². The van der Waals surface area contributed by atoms with Gasteiger partial charge in [-0.25, -0.2) is 0 Å². The number of carboxylic acid groups (broad SMARTS) is 1. The summed E-state index contributed by atoms with van der Waals surface area (Å²) < 4.78 is 1.36. The molecule has 0 bridgehead atoms. The lowest BCUT2D eigenvalue weighted by Gasteiger charge is -2.08. The highest BCUT2D eigenvalue weighted by Gasteiger charge is 2.12. The molecule has 21 heavy (non-hydrogen) atoms. The van der Waals surface area contributed by atoms with Crippen molar-refractivity contribution < 1.29 is 14.7 Å². The van der Waals surface area contributed by atoms with Gasteiger partial charge < -0.3 is 15.0 Å². The van der Waals surface area contributed by atoms with Crippen LogP contribution in [-0.2, 0) is 17.9 Å². The van der Waals surface area contributed by atoms with Crippen LogP contribution in [-0.4, -0.2) is 21.6 Å². The van der Waals surface area contributed by atoms with E-state index in [1.165, 1.54) is 4.57 Å². The molecule has 0 aliphatic rings. The summed E-state index contributed by atoms with van der Waals surface area (Å²) in [5.74, 6) is -1.37. The second-order valence-corrected chi connectivity index (χ2v) is 4.41. The molecule has 1 amide bonds. The van der Waals surface area contributed by atoms with Crippen LogP contribution in [0.15, 0.2) is 42.6 Å². The van der Waals surface area contributed by atoms with E-state index in [-0.39, 0.29) is 24.7 Å². The SMILES string of the molecule is N#Cc1cccc(CNC(=O)c2cccn2CC(=O)O)c1. The Kier molecular flexibility index (Phi) is 4.36. The topological polar surface area (TPSA) is 95.1 Å². The van der Waals surface area contributed by atoms with Crippen molar-refractivity contribution >= 4 is 11.9 Å². The van der Waals surface area contributed by atoms with Crippen molar-refractivity contribution in [2.45, 2.75) is 13.1 Å². The molecule has 106 valence electrons. The average Bonchev–Trinajstić information content (AvgIpc) is 2.92. The molecule has 1 aromatic heterocycles. The highest BCUT2D eigenvalue weighted by Crippen LogP contribution is 2.06. The number of carboxylic acids is 1. The van der Waals surface area contributed by atoms with E-state index in [0.717, 1.165) is 5.56 Å². The zero-order valence-electron chi connectivity index (χ0n) is 11.1. The van der Waals surface area contributed by atoms with Crippen LogP contribution in [0.1, 0.15) is 21.6 Å². The molecule has 2 N–H and O–H groups in total. The summed E-state index contributed by atoms with van der Waals surface area (Å²) >= 11 is 0. The zero-order valence-corrected chi connectivity index (χ0v) is 11.1. The predicted octanol–water partition coefficient (Wildman–Crippen LogP) is 1.37. The predicted molar refractivity (Wildman–Crippen MR) is 74.4 cm³/mol. The first kappa shape index (κ1) is 14.3. The van der Waals surface area contributed by atoms with Crippen molar-refractivity contribution in [2.75, 3.05) is 0 Å². The minimum Gasteiger partial charge on any atom is -0.480 e. The number of hydrogen-bond acceptors (Lipinski definition) is 3. The Hall–Kier alpha value is -3.07. The van der Waals surface area contributed by atoms with Gasteiger partial charge in [-0.1, -0.05) is 12.1 Å². The van der Waals surface area contributed by atoms with E-state index >= 15 is 0 Å². The molecule has 0 unspecified atom stereocenters. The third-order valence-corrected chi connectivity index (χ3v) is 2.88. The standard InChI is InChI=1S/C15H13N3O3/c16-8-11-3-1-4-12(7-11)9-17-15(21)13-5-2-6-18(13)10-14(19)20/h1-7H,9-10H2,(H,17,21)(H,19,20). The van der Waals surface area contributed by atoms with E-state index < -0.39 is 5.97 Å². The smallest absolute Gasteiger partial charge is 0.323 e. The minimum atomic E-state index is -1.01.